The molecule has 2 aliphatic carbocycles. The molecule has 1 aliphatic heterocycles. The van der Waals surface area contributed by atoms with E-state index in [-0.39, 0.29) is 18.0 Å². The average Bonchev–Trinajstić information content (AvgIpc) is 3.35. The van der Waals surface area contributed by atoms with Gasteiger partial charge in [-0.2, -0.15) is 0 Å². The minimum Gasteiger partial charge on any atom is -0.376 e. The molecule has 3 fully saturated rings. The quantitative estimate of drug-likeness (QED) is 0.843. The van der Waals surface area contributed by atoms with Crippen molar-refractivity contribution in [3.8, 4) is 0 Å². The number of aryl methyl sites for hydroxylation is 1. The van der Waals surface area contributed by atoms with Crippen molar-refractivity contribution < 1.29 is 9.53 Å². The zero-order chi connectivity index (χ0) is 19.1. The van der Waals surface area contributed by atoms with Gasteiger partial charge in [0.25, 0.3) is 5.91 Å². The molecule has 2 N–H and O–H groups in total. The van der Waals surface area contributed by atoms with Gasteiger partial charge in [-0.05, 0) is 70.5 Å². The SMILES string of the molecule is Cc1cc(C(=O)N2C[C@H]3C[C@@H](N(C)C)[C@H](OCC4CC4)C[C@H]3C2)nc(N)n1. The van der Waals surface area contributed by atoms with Gasteiger partial charge in [-0.25, -0.2) is 9.97 Å². The highest BCUT2D eigenvalue weighted by Gasteiger charge is 2.45. The number of carbonyl (C=O) groups is 1. The maximum absolute atomic E-state index is 13.0. The molecule has 1 saturated heterocycles. The number of likely N-dealkylation sites (tertiary alicyclic amines) is 1. The van der Waals surface area contributed by atoms with Gasteiger partial charge in [0.1, 0.15) is 5.69 Å². The van der Waals surface area contributed by atoms with E-state index in [1.165, 1.54) is 12.8 Å². The number of anilines is 1. The Morgan fingerprint density at radius 3 is 2.59 bits per heavy atom. The van der Waals surface area contributed by atoms with Crippen LogP contribution >= 0.6 is 0 Å². The lowest BCUT2D eigenvalue weighted by molar-refractivity contribution is -0.0493. The van der Waals surface area contributed by atoms with Crippen LogP contribution in [0.4, 0.5) is 5.95 Å². The zero-order valence-corrected chi connectivity index (χ0v) is 16.6. The average molecular weight is 374 g/mol. The molecule has 0 unspecified atom stereocenters. The van der Waals surface area contributed by atoms with E-state index in [4.69, 9.17) is 10.5 Å². The first-order chi connectivity index (χ1) is 12.9. The van der Waals surface area contributed by atoms with Crippen LogP contribution in [0.25, 0.3) is 0 Å². The van der Waals surface area contributed by atoms with Crippen molar-refractivity contribution >= 4 is 11.9 Å². The molecule has 7 nitrogen and oxygen atoms in total. The number of fused-ring (bicyclic) bond motifs is 1. The minimum absolute atomic E-state index is 0.0292. The number of nitrogens with two attached hydrogens (primary N) is 1. The Morgan fingerprint density at radius 2 is 1.96 bits per heavy atom. The summed E-state index contributed by atoms with van der Waals surface area (Å²) in [4.78, 5) is 25.4. The fourth-order valence-electron chi connectivity index (χ4n) is 4.69. The molecule has 1 amide bonds. The molecule has 4 atom stereocenters. The predicted octanol–water partition coefficient (Wildman–Crippen LogP) is 1.57. The number of hydrogen-bond donors (Lipinski definition) is 1. The van der Waals surface area contributed by atoms with Gasteiger partial charge in [0.05, 0.1) is 6.10 Å². The Balaban J connectivity index is 1.44. The Hall–Kier alpha value is -1.73. The van der Waals surface area contributed by atoms with E-state index in [1.807, 2.05) is 11.8 Å². The minimum atomic E-state index is -0.0292. The van der Waals surface area contributed by atoms with Crippen LogP contribution in [0.3, 0.4) is 0 Å². The predicted molar refractivity (Wildman–Crippen MR) is 103 cm³/mol. The monoisotopic (exact) mass is 373 g/mol. The number of rotatable bonds is 5. The van der Waals surface area contributed by atoms with E-state index < -0.39 is 0 Å². The van der Waals surface area contributed by atoms with Gasteiger partial charge >= 0.3 is 0 Å². The second-order valence-corrected chi connectivity index (χ2v) is 8.80. The molecule has 3 aliphatic rings. The number of nitrogen functional groups attached to an aromatic ring is 1. The van der Waals surface area contributed by atoms with E-state index in [1.54, 1.807) is 6.07 Å². The van der Waals surface area contributed by atoms with E-state index in [0.717, 1.165) is 44.1 Å². The maximum Gasteiger partial charge on any atom is 0.272 e. The third-order valence-corrected chi connectivity index (χ3v) is 6.37. The highest BCUT2D eigenvalue weighted by atomic mass is 16.5. The molecule has 0 bridgehead atoms. The molecule has 0 spiro atoms. The Kier molecular flexibility index (Phi) is 5.07. The summed E-state index contributed by atoms with van der Waals surface area (Å²) < 4.78 is 6.32. The van der Waals surface area contributed by atoms with Crippen molar-refractivity contribution in [1.29, 1.82) is 0 Å². The third-order valence-electron chi connectivity index (χ3n) is 6.37. The fraction of sp³-hybridized carbons (Fsp3) is 0.750. The molecule has 2 heterocycles. The summed E-state index contributed by atoms with van der Waals surface area (Å²) in [6.07, 6.45) is 5.02. The van der Waals surface area contributed by atoms with Gasteiger partial charge in [-0.3, -0.25) is 4.79 Å². The first-order valence-electron chi connectivity index (χ1n) is 10.1. The number of likely N-dealkylation sites (N-methyl/N-ethyl adjacent to an activating group) is 1. The van der Waals surface area contributed by atoms with Crippen LogP contribution in [0.1, 0.15) is 41.9 Å². The summed E-state index contributed by atoms with van der Waals surface area (Å²) in [6.45, 7) is 4.32. The Morgan fingerprint density at radius 1 is 1.26 bits per heavy atom. The topological polar surface area (TPSA) is 84.6 Å². The summed E-state index contributed by atoms with van der Waals surface area (Å²) in [5, 5.41) is 0. The normalized spacial score (nSPS) is 30.6. The van der Waals surface area contributed by atoms with Gasteiger partial charge in [0, 0.05) is 31.4 Å². The number of ether oxygens (including phenoxy) is 1. The molecule has 0 radical (unpaired) electrons. The van der Waals surface area contributed by atoms with Crippen LogP contribution in [0, 0.1) is 24.7 Å². The molecular weight excluding hydrogens is 342 g/mol. The van der Waals surface area contributed by atoms with E-state index >= 15 is 0 Å². The van der Waals surface area contributed by atoms with Gasteiger partial charge in [-0.1, -0.05) is 0 Å². The molecule has 1 aromatic heterocycles. The largest absolute Gasteiger partial charge is 0.376 e. The van der Waals surface area contributed by atoms with Gasteiger partial charge < -0.3 is 20.3 Å². The summed E-state index contributed by atoms with van der Waals surface area (Å²) in [7, 11) is 4.28. The molecule has 0 aromatic carbocycles. The molecule has 2 saturated carbocycles. The highest BCUT2D eigenvalue weighted by Crippen LogP contribution is 2.40. The standard InChI is InChI=1S/C20H31N5O2/c1-12-6-16(23-20(21)22-12)19(26)25-9-14-7-17(24(2)3)18(8-15(14)10-25)27-11-13-4-5-13/h6,13-15,17-18H,4-5,7-11H2,1-3H3,(H2,21,22,23)/t14-,15+,17-,18-/m1/s1. The lowest BCUT2D eigenvalue weighted by Crippen LogP contribution is -2.48. The van der Waals surface area contributed by atoms with Crippen LogP contribution in [0.15, 0.2) is 6.07 Å². The number of hydrogen-bond acceptors (Lipinski definition) is 6. The summed E-state index contributed by atoms with van der Waals surface area (Å²) >= 11 is 0. The van der Waals surface area contributed by atoms with Crippen LogP contribution < -0.4 is 5.73 Å². The van der Waals surface area contributed by atoms with Gasteiger partial charge in [0.15, 0.2) is 0 Å². The number of aromatic nitrogens is 2. The van der Waals surface area contributed by atoms with Gasteiger partial charge in [0.2, 0.25) is 5.95 Å². The van der Waals surface area contributed by atoms with Crippen molar-refractivity contribution in [3.05, 3.63) is 17.5 Å². The van der Waals surface area contributed by atoms with Crippen molar-refractivity contribution in [1.82, 2.24) is 19.8 Å². The molecule has 148 valence electrons. The van der Waals surface area contributed by atoms with Crippen LogP contribution in [0.2, 0.25) is 0 Å². The lowest BCUT2D eigenvalue weighted by Gasteiger charge is -2.41. The lowest BCUT2D eigenvalue weighted by atomic mass is 9.77. The first-order valence-corrected chi connectivity index (χ1v) is 10.1. The van der Waals surface area contributed by atoms with Crippen molar-refractivity contribution in [3.63, 3.8) is 0 Å². The second-order valence-electron chi connectivity index (χ2n) is 8.80. The molecule has 7 heteroatoms. The van der Waals surface area contributed by atoms with Crippen LogP contribution in [-0.2, 0) is 4.74 Å². The maximum atomic E-state index is 13.0. The fourth-order valence-corrected chi connectivity index (χ4v) is 4.69. The van der Waals surface area contributed by atoms with Gasteiger partial charge in [-0.15, -0.1) is 0 Å². The van der Waals surface area contributed by atoms with E-state index in [2.05, 4.69) is 29.0 Å². The second kappa shape index (κ2) is 7.36. The summed E-state index contributed by atoms with van der Waals surface area (Å²) in [5.74, 6) is 1.95. The number of nitrogens with zero attached hydrogens (tertiary/aromatic N) is 4. The summed E-state index contributed by atoms with van der Waals surface area (Å²) in [6, 6.07) is 2.15. The zero-order valence-electron chi connectivity index (χ0n) is 16.6. The molecule has 4 rings (SSSR count). The molecule has 1 aromatic rings. The van der Waals surface area contributed by atoms with Crippen LogP contribution in [0.5, 0.6) is 0 Å². The van der Waals surface area contributed by atoms with Crippen molar-refractivity contribution in [2.45, 2.75) is 44.8 Å². The number of amides is 1. The van der Waals surface area contributed by atoms with Crippen molar-refractivity contribution in [2.24, 2.45) is 17.8 Å². The Bertz CT molecular complexity index is 685. The summed E-state index contributed by atoms with van der Waals surface area (Å²) in [5.41, 5.74) is 6.86. The molecular formula is C20H31N5O2. The number of carbonyl (C=O) groups excluding carboxylic acids is 1. The van der Waals surface area contributed by atoms with Crippen molar-refractivity contribution in [2.75, 3.05) is 39.5 Å². The third kappa shape index (κ3) is 4.09. The highest BCUT2D eigenvalue weighted by molar-refractivity contribution is 5.92. The smallest absolute Gasteiger partial charge is 0.272 e. The van der Waals surface area contributed by atoms with Crippen LogP contribution in [-0.4, -0.2) is 71.6 Å². The van der Waals surface area contributed by atoms with E-state index in [0.29, 0.717) is 23.6 Å². The molecule has 27 heavy (non-hydrogen) atoms. The first kappa shape index (κ1) is 18.6. The Labute approximate surface area is 161 Å². The van der Waals surface area contributed by atoms with E-state index in [9.17, 15) is 4.79 Å².